The van der Waals surface area contributed by atoms with Gasteiger partial charge in [0.15, 0.2) is 0 Å². The van der Waals surface area contributed by atoms with Crippen LogP contribution in [0.2, 0.25) is 0 Å². The molecule has 0 spiro atoms. The van der Waals surface area contributed by atoms with Crippen LogP contribution in [0.15, 0.2) is 0 Å². The molecule has 12 heavy (non-hydrogen) atoms. The van der Waals surface area contributed by atoms with Crippen molar-refractivity contribution in [3.05, 3.63) is 0 Å². The topological polar surface area (TPSA) is 86.5 Å². The summed E-state index contributed by atoms with van der Waals surface area (Å²) in [7, 11) is -3.37. The van der Waals surface area contributed by atoms with E-state index >= 15 is 0 Å². The number of primary sulfonamides is 1. The minimum atomic E-state index is -3.37. The van der Waals surface area contributed by atoms with E-state index in [1.165, 1.54) is 6.92 Å². The SMILES string of the molecule is CC(=O)OCCCCS(N)(=O)=O. The molecule has 0 amide bonds. The summed E-state index contributed by atoms with van der Waals surface area (Å²) in [4.78, 5) is 10.2. The van der Waals surface area contributed by atoms with E-state index in [1.807, 2.05) is 0 Å². The smallest absolute Gasteiger partial charge is 0.302 e. The maximum atomic E-state index is 10.4. The first kappa shape index (κ1) is 11.4. The van der Waals surface area contributed by atoms with Gasteiger partial charge in [-0.3, -0.25) is 4.79 Å². The van der Waals surface area contributed by atoms with Gasteiger partial charge in [0.05, 0.1) is 12.4 Å². The molecular formula is C6H13NO4S. The zero-order chi connectivity index (χ0) is 9.61. The first-order valence-corrected chi connectivity index (χ1v) is 5.27. The Bertz CT molecular complexity index is 234. The molecule has 0 fully saturated rings. The number of carbonyl (C=O) groups excluding carboxylic acids is 1. The van der Waals surface area contributed by atoms with Gasteiger partial charge in [-0.1, -0.05) is 0 Å². The van der Waals surface area contributed by atoms with E-state index in [-0.39, 0.29) is 18.3 Å². The Balaban J connectivity index is 3.29. The zero-order valence-corrected chi connectivity index (χ0v) is 7.76. The monoisotopic (exact) mass is 195 g/mol. The zero-order valence-electron chi connectivity index (χ0n) is 6.95. The van der Waals surface area contributed by atoms with Gasteiger partial charge in [-0.25, -0.2) is 13.6 Å². The van der Waals surface area contributed by atoms with Crippen molar-refractivity contribution < 1.29 is 17.9 Å². The van der Waals surface area contributed by atoms with Crippen molar-refractivity contribution in [2.24, 2.45) is 5.14 Å². The molecule has 5 nitrogen and oxygen atoms in total. The van der Waals surface area contributed by atoms with Crippen LogP contribution in [0.5, 0.6) is 0 Å². The van der Waals surface area contributed by atoms with Crippen LogP contribution in [0.4, 0.5) is 0 Å². The van der Waals surface area contributed by atoms with Gasteiger partial charge in [-0.05, 0) is 12.8 Å². The standard InChI is InChI=1S/C6H13NO4S/c1-6(8)11-4-2-3-5-12(7,9)10/h2-5H2,1H3,(H2,7,9,10). The predicted octanol–water partition coefficient (Wildman–Crippen LogP) is -0.382. The van der Waals surface area contributed by atoms with Crippen LogP contribution in [0.1, 0.15) is 19.8 Å². The summed E-state index contributed by atoms with van der Waals surface area (Å²) in [5.41, 5.74) is 0. The molecule has 0 saturated carbocycles. The lowest BCUT2D eigenvalue weighted by Gasteiger charge is -2.00. The van der Waals surface area contributed by atoms with Crippen molar-refractivity contribution in [2.45, 2.75) is 19.8 Å². The fourth-order valence-electron chi connectivity index (χ4n) is 0.621. The van der Waals surface area contributed by atoms with E-state index in [2.05, 4.69) is 4.74 Å². The maximum Gasteiger partial charge on any atom is 0.302 e. The van der Waals surface area contributed by atoms with E-state index in [4.69, 9.17) is 5.14 Å². The Morgan fingerprint density at radius 2 is 2.00 bits per heavy atom. The molecule has 0 aliphatic rings. The summed E-state index contributed by atoms with van der Waals surface area (Å²) in [5, 5.41) is 4.74. The molecule has 0 radical (unpaired) electrons. The molecule has 0 aliphatic heterocycles. The average molecular weight is 195 g/mol. The van der Waals surface area contributed by atoms with Gasteiger partial charge < -0.3 is 4.74 Å². The summed E-state index contributed by atoms with van der Waals surface area (Å²) >= 11 is 0. The summed E-state index contributed by atoms with van der Waals surface area (Å²) in [6.45, 7) is 1.56. The van der Waals surface area contributed by atoms with Gasteiger partial charge in [0.2, 0.25) is 10.0 Å². The third-order valence-electron chi connectivity index (χ3n) is 1.13. The summed E-state index contributed by atoms with van der Waals surface area (Å²) < 4.78 is 25.4. The fourth-order valence-corrected chi connectivity index (χ4v) is 1.23. The van der Waals surface area contributed by atoms with Gasteiger partial charge in [0.25, 0.3) is 0 Å². The van der Waals surface area contributed by atoms with Crippen LogP contribution in [-0.4, -0.2) is 26.7 Å². The van der Waals surface area contributed by atoms with Crippen molar-refractivity contribution in [1.29, 1.82) is 0 Å². The van der Waals surface area contributed by atoms with Gasteiger partial charge in [0, 0.05) is 6.92 Å². The van der Waals surface area contributed by atoms with E-state index in [1.54, 1.807) is 0 Å². The summed E-state index contributed by atoms with van der Waals surface area (Å²) in [6, 6.07) is 0. The number of hydrogen-bond donors (Lipinski definition) is 1. The van der Waals surface area contributed by atoms with Gasteiger partial charge in [0.1, 0.15) is 0 Å². The number of esters is 1. The molecule has 0 aliphatic carbocycles. The van der Waals surface area contributed by atoms with Crippen LogP contribution in [0.3, 0.4) is 0 Å². The first-order valence-electron chi connectivity index (χ1n) is 3.55. The molecule has 0 bridgehead atoms. The molecule has 0 aromatic heterocycles. The second kappa shape index (κ2) is 5.10. The maximum absolute atomic E-state index is 10.4. The number of ether oxygens (including phenoxy) is 1. The predicted molar refractivity (Wildman–Crippen MR) is 43.8 cm³/mol. The minimum absolute atomic E-state index is 0.0612. The number of rotatable bonds is 5. The number of carbonyl (C=O) groups is 1. The second-order valence-corrected chi connectivity index (χ2v) is 4.15. The highest BCUT2D eigenvalue weighted by atomic mass is 32.2. The second-order valence-electron chi connectivity index (χ2n) is 2.41. The Kier molecular flexibility index (Phi) is 4.84. The molecule has 0 atom stereocenters. The van der Waals surface area contributed by atoms with Gasteiger partial charge in [-0.2, -0.15) is 0 Å². The van der Waals surface area contributed by atoms with E-state index in [0.717, 1.165) is 0 Å². The van der Waals surface area contributed by atoms with Crippen molar-refractivity contribution in [3.63, 3.8) is 0 Å². The molecule has 0 unspecified atom stereocenters. The third kappa shape index (κ3) is 9.38. The van der Waals surface area contributed by atoms with Crippen molar-refractivity contribution in [3.8, 4) is 0 Å². The normalized spacial score (nSPS) is 11.2. The Morgan fingerprint density at radius 1 is 1.42 bits per heavy atom. The number of sulfonamides is 1. The van der Waals surface area contributed by atoms with Crippen LogP contribution >= 0.6 is 0 Å². The Hall–Kier alpha value is -0.620. The Morgan fingerprint density at radius 3 is 2.42 bits per heavy atom. The van der Waals surface area contributed by atoms with Crippen LogP contribution in [-0.2, 0) is 19.6 Å². The van der Waals surface area contributed by atoms with Crippen LogP contribution in [0, 0.1) is 0 Å². The molecule has 0 aromatic rings. The molecule has 72 valence electrons. The Labute approximate surface area is 71.9 Å². The third-order valence-corrected chi connectivity index (χ3v) is 1.99. The average Bonchev–Trinajstić information content (AvgIpc) is 1.83. The first-order chi connectivity index (χ1) is 5.42. The number of nitrogens with two attached hydrogens (primary N) is 1. The molecule has 0 rings (SSSR count). The highest BCUT2D eigenvalue weighted by Crippen LogP contribution is 1.93. The molecule has 0 aromatic carbocycles. The fraction of sp³-hybridized carbons (Fsp3) is 0.833. The van der Waals surface area contributed by atoms with Crippen LogP contribution < -0.4 is 5.14 Å². The highest BCUT2D eigenvalue weighted by molar-refractivity contribution is 7.89. The largest absolute Gasteiger partial charge is 0.466 e. The van der Waals surface area contributed by atoms with Crippen molar-refractivity contribution >= 4 is 16.0 Å². The molecule has 0 heterocycles. The lowest BCUT2D eigenvalue weighted by Crippen LogP contribution is -2.16. The number of hydrogen-bond acceptors (Lipinski definition) is 4. The molecule has 0 saturated heterocycles. The summed E-state index contributed by atoms with van der Waals surface area (Å²) in [6.07, 6.45) is 0.947. The molecule has 2 N–H and O–H groups in total. The summed E-state index contributed by atoms with van der Waals surface area (Å²) in [5.74, 6) is -0.417. The lowest BCUT2D eigenvalue weighted by atomic mass is 10.4. The quantitative estimate of drug-likeness (QED) is 0.478. The molecular weight excluding hydrogens is 182 g/mol. The van der Waals surface area contributed by atoms with Gasteiger partial charge in [-0.15, -0.1) is 0 Å². The highest BCUT2D eigenvalue weighted by Gasteiger charge is 2.01. The molecule has 6 heteroatoms. The van der Waals surface area contributed by atoms with Crippen molar-refractivity contribution in [2.75, 3.05) is 12.4 Å². The van der Waals surface area contributed by atoms with Gasteiger partial charge >= 0.3 is 5.97 Å². The van der Waals surface area contributed by atoms with E-state index in [0.29, 0.717) is 12.8 Å². The minimum Gasteiger partial charge on any atom is -0.466 e. The van der Waals surface area contributed by atoms with E-state index < -0.39 is 10.0 Å². The number of unbranched alkanes of at least 4 members (excludes halogenated alkanes) is 1. The van der Waals surface area contributed by atoms with Crippen LogP contribution in [0.25, 0.3) is 0 Å². The van der Waals surface area contributed by atoms with E-state index in [9.17, 15) is 13.2 Å². The van der Waals surface area contributed by atoms with Crippen molar-refractivity contribution in [1.82, 2.24) is 0 Å². The lowest BCUT2D eigenvalue weighted by molar-refractivity contribution is -0.141.